The summed E-state index contributed by atoms with van der Waals surface area (Å²) in [4.78, 5) is 25.5. The van der Waals surface area contributed by atoms with Gasteiger partial charge in [-0.25, -0.2) is 9.59 Å². The van der Waals surface area contributed by atoms with Gasteiger partial charge < -0.3 is 15.7 Å². The van der Waals surface area contributed by atoms with E-state index >= 15 is 0 Å². The third-order valence-electron chi connectivity index (χ3n) is 5.84. The van der Waals surface area contributed by atoms with Crippen molar-refractivity contribution in [1.29, 1.82) is 0 Å². The molecule has 3 amide bonds. The molecule has 3 N–H and O–H groups in total. The maximum atomic E-state index is 13.4. The first-order valence-electron chi connectivity index (χ1n) is 10.4. The zero-order chi connectivity index (χ0) is 28.1. The monoisotopic (exact) mass is 543 g/mol. The number of primary amides is 1. The van der Waals surface area contributed by atoms with Gasteiger partial charge in [0.25, 0.3) is 0 Å². The highest BCUT2D eigenvalue weighted by atomic mass is 19.4. The van der Waals surface area contributed by atoms with Gasteiger partial charge in [-0.1, -0.05) is 0 Å². The fourth-order valence-corrected chi connectivity index (χ4v) is 4.25. The molecule has 37 heavy (non-hydrogen) atoms. The van der Waals surface area contributed by atoms with E-state index in [0.29, 0.717) is 29.2 Å². The second-order valence-electron chi connectivity index (χ2n) is 8.40. The zero-order valence-electron chi connectivity index (χ0n) is 18.7. The number of carbonyl (C=O) groups is 2. The number of fused-ring (bicyclic) bond motifs is 1. The summed E-state index contributed by atoms with van der Waals surface area (Å²) in [7, 11) is 0. The predicted molar refractivity (Wildman–Crippen MR) is 110 cm³/mol. The van der Waals surface area contributed by atoms with Gasteiger partial charge in [-0.2, -0.15) is 39.5 Å². The molecule has 3 rings (SSSR count). The highest BCUT2D eigenvalue weighted by molar-refractivity contribution is 5.89. The number of alkyl halides is 9. The largest absolute Gasteiger partial charge is 0.465 e. The van der Waals surface area contributed by atoms with E-state index in [2.05, 4.69) is 0 Å². The van der Waals surface area contributed by atoms with Crippen molar-refractivity contribution in [3.63, 3.8) is 0 Å². The van der Waals surface area contributed by atoms with Gasteiger partial charge in [-0.05, 0) is 60.9 Å². The molecule has 2 aromatic rings. The Morgan fingerprint density at radius 1 is 0.919 bits per heavy atom. The first-order chi connectivity index (χ1) is 16.8. The van der Waals surface area contributed by atoms with Crippen LogP contribution in [-0.2, 0) is 25.1 Å². The molecule has 0 saturated heterocycles. The number of halogens is 9. The van der Waals surface area contributed by atoms with Crippen LogP contribution in [0.2, 0.25) is 0 Å². The van der Waals surface area contributed by atoms with Crippen molar-refractivity contribution < 1.29 is 54.2 Å². The van der Waals surface area contributed by atoms with E-state index in [-0.39, 0.29) is 23.7 Å². The van der Waals surface area contributed by atoms with Gasteiger partial charge in [0.2, 0.25) is 0 Å². The van der Waals surface area contributed by atoms with Crippen LogP contribution in [0.5, 0.6) is 0 Å². The van der Waals surface area contributed by atoms with Gasteiger partial charge in [0.15, 0.2) is 0 Å². The standard InChI is InChI=1S/C22H18F9N3O3/c1-10-4-17(15-8-12(20(23,24)25)2-3-16(15)34(10)19(36)37)33(18(32)35)9-11-5-13(21(26,27)28)7-14(6-11)22(29,30)31/h2-3,5-8,10,17H,4,9H2,1H3,(H2,32,35)(H,36,37). The minimum Gasteiger partial charge on any atom is -0.465 e. The summed E-state index contributed by atoms with van der Waals surface area (Å²) in [5, 5.41) is 9.55. The molecule has 2 atom stereocenters. The number of urea groups is 1. The third-order valence-corrected chi connectivity index (χ3v) is 5.84. The molecule has 202 valence electrons. The number of nitrogens with two attached hydrogens (primary N) is 1. The van der Waals surface area contributed by atoms with Crippen LogP contribution >= 0.6 is 0 Å². The van der Waals surface area contributed by atoms with Crippen molar-refractivity contribution >= 4 is 17.8 Å². The number of rotatable bonds is 3. The average Bonchev–Trinajstić information content (AvgIpc) is 2.74. The van der Waals surface area contributed by atoms with E-state index in [1.54, 1.807) is 0 Å². The smallest absolute Gasteiger partial charge is 0.416 e. The molecule has 1 heterocycles. The average molecular weight is 543 g/mol. The van der Waals surface area contributed by atoms with Crippen LogP contribution in [0.15, 0.2) is 36.4 Å². The summed E-state index contributed by atoms with van der Waals surface area (Å²) < 4.78 is 120. The molecule has 0 fully saturated rings. The van der Waals surface area contributed by atoms with Crippen molar-refractivity contribution in [3.05, 3.63) is 64.2 Å². The molecule has 0 radical (unpaired) electrons. The number of hydrogen-bond donors (Lipinski definition) is 2. The van der Waals surface area contributed by atoms with Crippen molar-refractivity contribution in [2.24, 2.45) is 5.73 Å². The molecule has 0 aliphatic carbocycles. The molecule has 15 heteroatoms. The maximum absolute atomic E-state index is 13.4. The summed E-state index contributed by atoms with van der Waals surface area (Å²) >= 11 is 0. The molecular weight excluding hydrogens is 525 g/mol. The van der Waals surface area contributed by atoms with Crippen molar-refractivity contribution in [2.75, 3.05) is 4.90 Å². The molecule has 0 aromatic heterocycles. The van der Waals surface area contributed by atoms with Crippen LogP contribution < -0.4 is 10.6 Å². The van der Waals surface area contributed by atoms with Gasteiger partial charge in [-0.15, -0.1) is 0 Å². The van der Waals surface area contributed by atoms with Gasteiger partial charge in [-0.3, -0.25) is 4.90 Å². The Morgan fingerprint density at radius 2 is 1.43 bits per heavy atom. The molecule has 1 aliphatic heterocycles. The Labute approximate surface area is 203 Å². The number of nitrogens with zero attached hydrogens (tertiary/aromatic N) is 2. The lowest BCUT2D eigenvalue weighted by molar-refractivity contribution is -0.143. The number of anilines is 1. The van der Waals surface area contributed by atoms with E-state index < -0.39 is 71.5 Å². The zero-order valence-corrected chi connectivity index (χ0v) is 18.7. The molecule has 2 unspecified atom stereocenters. The van der Waals surface area contributed by atoms with Crippen LogP contribution in [-0.4, -0.2) is 28.2 Å². The van der Waals surface area contributed by atoms with Crippen LogP contribution in [0.4, 0.5) is 54.8 Å². The topological polar surface area (TPSA) is 86.9 Å². The Hall–Kier alpha value is -3.65. The lowest BCUT2D eigenvalue weighted by atomic mass is 9.89. The summed E-state index contributed by atoms with van der Waals surface area (Å²) in [5.41, 5.74) is -0.361. The number of hydrogen-bond acceptors (Lipinski definition) is 2. The van der Waals surface area contributed by atoms with E-state index in [9.17, 15) is 54.2 Å². The molecule has 0 bridgehead atoms. The van der Waals surface area contributed by atoms with E-state index in [0.717, 1.165) is 11.0 Å². The van der Waals surface area contributed by atoms with Gasteiger partial charge in [0.1, 0.15) is 0 Å². The maximum Gasteiger partial charge on any atom is 0.416 e. The molecular formula is C22H18F9N3O3. The van der Waals surface area contributed by atoms with Crippen molar-refractivity contribution in [2.45, 2.75) is 50.5 Å². The Balaban J connectivity index is 2.16. The van der Waals surface area contributed by atoms with E-state index in [1.165, 1.54) is 6.92 Å². The highest BCUT2D eigenvalue weighted by Gasteiger charge is 2.41. The highest BCUT2D eigenvalue weighted by Crippen LogP contribution is 2.44. The summed E-state index contributed by atoms with van der Waals surface area (Å²) in [6.07, 6.45) is -17.1. The first-order valence-corrected chi connectivity index (χ1v) is 10.4. The van der Waals surface area contributed by atoms with Gasteiger partial charge >= 0.3 is 30.7 Å². The van der Waals surface area contributed by atoms with Crippen LogP contribution in [0.1, 0.15) is 47.2 Å². The van der Waals surface area contributed by atoms with Gasteiger partial charge in [0, 0.05) is 12.6 Å². The Morgan fingerprint density at radius 3 is 1.86 bits per heavy atom. The van der Waals surface area contributed by atoms with Crippen molar-refractivity contribution in [3.8, 4) is 0 Å². The Bertz CT molecular complexity index is 1180. The van der Waals surface area contributed by atoms with E-state index in [1.807, 2.05) is 0 Å². The fourth-order valence-electron chi connectivity index (χ4n) is 4.25. The van der Waals surface area contributed by atoms with E-state index in [4.69, 9.17) is 5.73 Å². The Kier molecular flexibility index (Phi) is 7.05. The quantitative estimate of drug-likeness (QED) is 0.426. The van der Waals surface area contributed by atoms with Crippen LogP contribution in [0.25, 0.3) is 0 Å². The number of carboxylic acid groups (broad SMARTS) is 1. The molecule has 6 nitrogen and oxygen atoms in total. The summed E-state index contributed by atoms with van der Waals surface area (Å²) in [6, 6.07) is -1.02. The predicted octanol–water partition coefficient (Wildman–Crippen LogP) is 6.64. The second kappa shape index (κ2) is 9.34. The lowest BCUT2D eigenvalue weighted by Crippen LogP contribution is -2.48. The molecule has 0 saturated carbocycles. The second-order valence-corrected chi connectivity index (χ2v) is 8.40. The summed E-state index contributed by atoms with van der Waals surface area (Å²) in [5.74, 6) is 0. The molecule has 0 spiro atoms. The molecule has 1 aliphatic rings. The normalized spacial score (nSPS) is 18.4. The fraction of sp³-hybridized carbons (Fsp3) is 0.364. The van der Waals surface area contributed by atoms with Crippen LogP contribution in [0, 0.1) is 0 Å². The summed E-state index contributed by atoms with van der Waals surface area (Å²) in [6.45, 7) is 0.440. The minimum absolute atomic E-state index is 0.115. The van der Waals surface area contributed by atoms with Gasteiger partial charge in [0.05, 0.1) is 28.4 Å². The van der Waals surface area contributed by atoms with Crippen molar-refractivity contribution in [1.82, 2.24) is 4.90 Å². The SMILES string of the molecule is CC1CC(N(Cc2cc(C(F)(F)F)cc(C(F)(F)F)c2)C(N)=O)c2cc(C(F)(F)F)ccc2N1C(=O)O. The lowest BCUT2D eigenvalue weighted by Gasteiger charge is -2.42. The minimum atomic E-state index is -5.18. The molecule has 2 aromatic carbocycles. The first kappa shape index (κ1) is 27.9. The number of carbonyl (C=O) groups excluding carboxylic acids is 1. The third kappa shape index (κ3) is 5.85. The number of amides is 3. The number of benzene rings is 2. The van der Waals surface area contributed by atoms with Crippen LogP contribution in [0.3, 0.4) is 0 Å².